The third-order valence-corrected chi connectivity index (χ3v) is 4.81. The maximum absolute atomic E-state index is 12.6. The molecule has 2 N–H and O–H groups in total. The van der Waals surface area contributed by atoms with Gasteiger partial charge in [0.15, 0.2) is 0 Å². The van der Waals surface area contributed by atoms with Crippen molar-refractivity contribution in [2.45, 2.75) is 26.9 Å². The standard InChI is InChI=1S/C18H18N4O4S/c1-3-21-17(25)16-14(7-8-27-16)22(18(21)26)10-15(24)20-13-6-4-5-12(9-13)19-11(2)23/h4-9H,3,10H2,1-2H3,(H,19,23)(H,20,24). The molecule has 0 unspecified atom stereocenters. The Kier molecular flexibility index (Phi) is 5.22. The van der Waals surface area contributed by atoms with Gasteiger partial charge in [-0.1, -0.05) is 6.07 Å². The maximum Gasteiger partial charge on any atom is 0.331 e. The molecule has 0 atom stereocenters. The molecule has 0 spiro atoms. The van der Waals surface area contributed by atoms with Gasteiger partial charge >= 0.3 is 5.69 Å². The van der Waals surface area contributed by atoms with Crippen LogP contribution < -0.4 is 21.9 Å². The molecule has 1 aromatic carbocycles. The molecule has 0 fully saturated rings. The third-order valence-electron chi connectivity index (χ3n) is 3.92. The highest BCUT2D eigenvalue weighted by Crippen LogP contribution is 2.17. The van der Waals surface area contributed by atoms with Crippen molar-refractivity contribution in [2.24, 2.45) is 0 Å². The van der Waals surface area contributed by atoms with Crippen molar-refractivity contribution in [2.75, 3.05) is 10.6 Å². The zero-order valence-corrected chi connectivity index (χ0v) is 15.6. The highest BCUT2D eigenvalue weighted by Gasteiger charge is 2.15. The number of anilines is 2. The number of nitrogens with one attached hydrogen (secondary N) is 2. The largest absolute Gasteiger partial charge is 0.331 e. The van der Waals surface area contributed by atoms with E-state index in [4.69, 9.17) is 0 Å². The van der Waals surface area contributed by atoms with E-state index in [2.05, 4.69) is 10.6 Å². The molecule has 2 heterocycles. The fourth-order valence-corrected chi connectivity index (χ4v) is 3.63. The van der Waals surface area contributed by atoms with Crippen LogP contribution in [-0.4, -0.2) is 20.9 Å². The summed E-state index contributed by atoms with van der Waals surface area (Å²) in [6, 6.07) is 8.36. The summed E-state index contributed by atoms with van der Waals surface area (Å²) in [4.78, 5) is 48.5. The van der Waals surface area contributed by atoms with Gasteiger partial charge in [0.2, 0.25) is 11.8 Å². The Morgan fingerprint density at radius 2 is 1.78 bits per heavy atom. The van der Waals surface area contributed by atoms with E-state index in [1.807, 2.05) is 0 Å². The molecule has 9 heteroatoms. The van der Waals surface area contributed by atoms with Crippen LogP contribution in [0.15, 0.2) is 45.3 Å². The smallest absolute Gasteiger partial charge is 0.326 e. The number of nitrogens with zero attached hydrogens (tertiary/aromatic N) is 2. The second-order valence-corrected chi connectivity index (χ2v) is 6.78. The van der Waals surface area contributed by atoms with Crippen LogP contribution in [0.3, 0.4) is 0 Å². The average molecular weight is 386 g/mol. The number of carbonyl (C=O) groups excluding carboxylic acids is 2. The number of hydrogen-bond acceptors (Lipinski definition) is 5. The van der Waals surface area contributed by atoms with Crippen molar-refractivity contribution < 1.29 is 9.59 Å². The van der Waals surface area contributed by atoms with Gasteiger partial charge in [0, 0.05) is 24.8 Å². The molecule has 0 aliphatic carbocycles. The molecule has 0 saturated carbocycles. The van der Waals surface area contributed by atoms with Gasteiger partial charge in [-0.05, 0) is 36.6 Å². The Bertz CT molecular complexity index is 1140. The first-order chi connectivity index (χ1) is 12.9. The predicted molar refractivity (Wildman–Crippen MR) is 105 cm³/mol. The summed E-state index contributed by atoms with van der Waals surface area (Å²) < 4.78 is 2.85. The van der Waals surface area contributed by atoms with Gasteiger partial charge in [-0.3, -0.25) is 23.5 Å². The Balaban J connectivity index is 1.89. The summed E-state index contributed by atoms with van der Waals surface area (Å²) >= 11 is 1.24. The van der Waals surface area contributed by atoms with Gasteiger partial charge in [-0.15, -0.1) is 11.3 Å². The highest BCUT2D eigenvalue weighted by atomic mass is 32.1. The summed E-state index contributed by atoms with van der Waals surface area (Å²) in [5, 5.41) is 7.06. The normalized spacial score (nSPS) is 10.7. The zero-order chi connectivity index (χ0) is 19.6. The van der Waals surface area contributed by atoms with Crippen LogP contribution in [0.2, 0.25) is 0 Å². The van der Waals surface area contributed by atoms with E-state index in [-0.39, 0.29) is 24.6 Å². The lowest BCUT2D eigenvalue weighted by atomic mass is 10.2. The van der Waals surface area contributed by atoms with E-state index in [0.717, 1.165) is 4.57 Å². The number of rotatable bonds is 5. The minimum Gasteiger partial charge on any atom is -0.326 e. The Morgan fingerprint density at radius 3 is 2.44 bits per heavy atom. The fourth-order valence-electron chi connectivity index (χ4n) is 2.79. The van der Waals surface area contributed by atoms with E-state index >= 15 is 0 Å². The molecule has 27 heavy (non-hydrogen) atoms. The minimum absolute atomic E-state index is 0.216. The molecule has 2 amide bonds. The SMILES string of the molecule is CCn1c(=O)c2sccc2n(CC(=O)Nc2cccc(NC(C)=O)c2)c1=O. The van der Waals surface area contributed by atoms with E-state index in [1.165, 1.54) is 22.8 Å². The monoisotopic (exact) mass is 386 g/mol. The molecular weight excluding hydrogens is 368 g/mol. The number of benzene rings is 1. The van der Waals surface area contributed by atoms with Gasteiger partial charge in [-0.2, -0.15) is 0 Å². The molecule has 2 aromatic heterocycles. The predicted octanol–water partition coefficient (Wildman–Crippen LogP) is 1.84. The Labute approximate surface area is 158 Å². The van der Waals surface area contributed by atoms with Crippen molar-refractivity contribution in [3.8, 4) is 0 Å². The highest BCUT2D eigenvalue weighted by molar-refractivity contribution is 7.17. The topological polar surface area (TPSA) is 102 Å². The van der Waals surface area contributed by atoms with Crippen molar-refractivity contribution in [1.82, 2.24) is 9.13 Å². The van der Waals surface area contributed by atoms with Crippen molar-refractivity contribution >= 4 is 44.7 Å². The lowest BCUT2D eigenvalue weighted by Crippen LogP contribution is -2.40. The van der Waals surface area contributed by atoms with Gasteiger partial charge in [0.05, 0.1) is 5.52 Å². The molecule has 0 radical (unpaired) electrons. The Morgan fingerprint density at radius 1 is 1.07 bits per heavy atom. The zero-order valence-electron chi connectivity index (χ0n) is 14.8. The summed E-state index contributed by atoms with van der Waals surface area (Å²) in [5.41, 5.74) is 0.631. The molecule has 0 saturated heterocycles. The van der Waals surface area contributed by atoms with Crippen molar-refractivity contribution in [1.29, 1.82) is 0 Å². The van der Waals surface area contributed by atoms with Crippen LogP contribution in [0.1, 0.15) is 13.8 Å². The van der Waals surface area contributed by atoms with Crippen LogP contribution in [0.5, 0.6) is 0 Å². The first-order valence-corrected chi connectivity index (χ1v) is 9.17. The lowest BCUT2D eigenvalue weighted by Gasteiger charge is -2.12. The van der Waals surface area contributed by atoms with E-state index < -0.39 is 11.6 Å². The number of fused-ring (bicyclic) bond motifs is 1. The van der Waals surface area contributed by atoms with Gasteiger partial charge in [0.25, 0.3) is 5.56 Å². The van der Waals surface area contributed by atoms with Gasteiger partial charge < -0.3 is 10.6 Å². The fraction of sp³-hybridized carbons (Fsp3) is 0.222. The minimum atomic E-state index is -0.518. The number of hydrogen-bond donors (Lipinski definition) is 2. The first kappa shape index (κ1) is 18.6. The van der Waals surface area contributed by atoms with E-state index in [9.17, 15) is 19.2 Å². The number of aromatic nitrogens is 2. The van der Waals surface area contributed by atoms with E-state index in [1.54, 1.807) is 42.6 Å². The van der Waals surface area contributed by atoms with E-state index in [0.29, 0.717) is 21.6 Å². The van der Waals surface area contributed by atoms with Crippen molar-refractivity contribution in [3.05, 3.63) is 56.5 Å². The number of carbonyl (C=O) groups is 2. The summed E-state index contributed by atoms with van der Waals surface area (Å²) in [5.74, 6) is -0.627. The summed E-state index contributed by atoms with van der Waals surface area (Å²) in [6.45, 7) is 3.11. The average Bonchev–Trinajstić information content (AvgIpc) is 3.09. The maximum atomic E-state index is 12.6. The molecule has 0 bridgehead atoms. The quantitative estimate of drug-likeness (QED) is 0.698. The van der Waals surface area contributed by atoms with Gasteiger partial charge in [0.1, 0.15) is 11.2 Å². The summed E-state index contributed by atoms with van der Waals surface area (Å²) in [6.07, 6.45) is 0. The summed E-state index contributed by atoms with van der Waals surface area (Å²) in [7, 11) is 0. The van der Waals surface area contributed by atoms with Crippen LogP contribution in [-0.2, 0) is 22.7 Å². The lowest BCUT2D eigenvalue weighted by molar-refractivity contribution is -0.117. The molecule has 3 aromatic rings. The van der Waals surface area contributed by atoms with Crippen LogP contribution in [0, 0.1) is 0 Å². The third kappa shape index (κ3) is 3.82. The number of amides is 2. The molecular formula is C18H18N4O4S. The molecule has 140 valence electrons. The van der Waals surface area contributed by atoms with Crippen LogP contribution in [0.4, 0.5) is 11.4 Å². The van der Waals surface area contributed by atoms with Crippen LogP contribution >= 0.6 is 11.3 Å². The van der Waals surface area contributed by atoms with Gasteiger partial charge in [-0.25, -0.2) is 4.79 Å². The first-order valence-electron chi connectivity index (χ1n) is 8.29. The second kappa shape index (κ2) is 7.58. The molecule has 0 aliphatic heterocycles. The van der Waals surface area contributed by atoms with Crippen molar-refractivity contribution in [3.63, 3.8) is 0 Å². The molecule has 0 aliphatic rings. The number of thiophene rings is 1. The van der Waals surface area contributed by atoms with Crippen LogP contribution in [0.25, 0.3) is 10.2 Å². The second-order valence-electron chi connectivity index (χ2n) is 5.86. The Hall–Kier alpha value is -3.20. The molecule has 3 rings (SSSR count). The molecule has 8 nitrogen and oxygen atoms in total.